The molecule has 0 spiro atoms. The first-order valence-electron chi connectivity index (χ1n) is 11.0. The van der Waals surface area contributed by atoms with Gasteiger partial charge in [-0.05, 0) is 57.1 Å². The zero-order valence-electron chi connectivity index (χ0n) is 19.7. The Bertz CT molecular complexity index is 1110. The van der Waals surface area contributed by atoms with Gasteiger partial charge in [0.1, 0.15) is 17.6 Å². The van der Waals surface area contributed by atoms with Crippen LogP contribution in [0.1, 0.15) is 37.0 Å². The Hall–Kier alpha value is -3.30. The third kappa shape index (κ3) is 6.18. The van der Waals surface area contributed by atoms with Crippen molar-refractivity contribution in [3.8, 4) is 0 Å². The van der Waals surface area contributed by atoms with Gasteiger partial charge >= 0.3 is 12.0 Å². The average Bonchev–Trinajstić information content (AvgIpc) is 3.21. The van der Waals surface area contributed by atoms with Crippen LogP contribution in [0.4, 0.5) is 10.5 Å². The van der Waals surface area contributed by atoms with Gasteiger partial charge in [0.15, 0.2) is 0 Å². The molecule has 1 aromatic heterocycles. The van der Waals surface area contributed by atoms with Crippen molar-refractivity contribution in [1.29, 1.82) is 0 Å². The summed E-state index contributed by atoms with van der Waals surface area (Å²) in [6.45, 7) is 8.10. The zero-order chi connectivity index (χ0) is 24.8. The van der Waals surface area contributed by atoms with Crippen LogP contribution in [0.2, 0.25) is 5.02 Å². The summed E-state index contributed by atoms with van der Waals surface area (Å²) in [7, 11) is 0. The van der Waals surface area contributed by atoms with E-state index in [1.807, 2.05) is 19.9 Å². The highest BCUT2D eigenvalue weighted by Crippen LogP contribution is 2.29. The molecule has 1 atom stereocenters. The number of anilines is 1. The monoisotopic (exact) mass is 488 g/mol. The molecule has 2 heterocycles. The molecule has 182 valence electrons. The fraction of sp³-hybridized carbons (Fsp3) is 0.375. The van der Waals surface area contributed by atoms with Gasteiger partial charge in [-0.15, -0.1) is 0 Å². The zero-order valence-corrected chi connectivity index (χ0v) is 20.4. The van der Waals surface area contributed by atoms with Gasteiger partial charge in [0, 0.05) is 23.0 Å². The molecule has 2 aromatic rings. The quantitative estimate of drug-likeness (QED) is 0.464. The summed E-state index contributed by atoms with van der Waals surface area (Å²) < 4.78 is 11.0. The second kappa shape index (κ2) is 11.2. The van der Waals surface area contributed by atoms with Gasteiger partial charge in [-0.1, -0.05) is 24.6 Å². The number of rotatable bonds is 9. The smallest absolute Gasteiger partial charge is 0.338 e. The number of benzene rings is 1. The molecule has 9 nitrogen and oxygen atoms in total. The maximum absolute atomic E-state index is 12.9. The molecule has 0 fully saturated rings. The number of nitrogens with one attached hydrogen (secondary N) is 3. The van der Waals surface area contributed by atoms with Crippen molar-refractivity contribution in [1.82, 2.24) is 15.5 Å². The minimum Gasteiger partial charge on any atom is -0.464 e. The van der Waals surface area contributed by atoms with Gasteiger partial charge in [0.05, 0.1) is 18.7 Å². The number of aryl methyl sites for hydroxylation is 2. The normalized spacial score (nSPS) is 15.7. The van der Waals surface area contributed by atoms with Crippen LogP contribution < -0.4 is 16.0 Å². The van der Waals surface area contributed by atoms with E-state index in [-0.39, 0.29) is 31.2 Å². The van der Waals surface area contributed by atoms with Crippen LogP contribution >= 0.6 is 11.6 Å². The van der Waals surface area contributed by atoms with Gasteiger partial charge in [-0.3, -0.25) is 9.69 Å². The molecule has 34 heavy (non-hydrogen) atoms. The second-order valence-corrected chi connectivity index (χ2v) is 8.34. The van der Waals surface area contributed by atoms with Crippen molar-refractivity contribution in [2.75, 3.05) is 31.6 Å². The Labute approximate surface area is 203 Å². The Morgan fingerprint density at radius 2 is 1.97 bits per heavy atom. The maximum Gasteiger partial charge on any atom is 0.338 e. The summed E-state index contributed by atoms with van der Waals surface area (Å²) in [6, 6.07) is 7.45. The molecule has 3 amide bonds. The Balaban J connectivity index is 1.85. The van der Waals surface area contributed by atoms with Crippen molar-refractivity contribution in [3.05, 3.63) is 63.7 Å². The summed E-state index contributed by atoms with van der Waals surface area (Å²) in [5.41, 5.74) is 2.11. The van der Waals surface area contributed by atoms with Gasteiger partial charge in [0.2, 0.25) is 5.91 Å². The molecular weight excluding hydrogens is 460 g/mol. The second-order valence-electron chi connectivity index (χ2n) is 7.90. The average molecular weight is 489 g/mol. The van der Waals surface area contributed by atoms with Gasteiger partial charge in [-0.2, -0.15) is 0 Å². The minimum atomic E-state index is -0.807. The van der Waals surface area contributed by atoms with Crippen molar-refractivity contribution >= 4 is 35.2 Å². The molecule has 1 aliphatic rings. The highest BCUT2D eigenvalue weighted by atomic mass is 35.5. The summed E-state index contributed by atoms with van der Waals surface area (Å²) in [5.74, 6) is 0.254. The molecule has 0 unspecified atom stereocenters. The van der Waals surface area contributed by atoms with Gasteiger partial charge < -0.3 is 25.1 Å². The first kappa shape index (κ1) is 25.3. The largest absolute Gasteiger partial charge is 0.464 e. The van der Waals surface area contributed by atoms with Crippen LogP contribution in [0.15, 0.2) is 46.0 Å². The molecule has 3 rings (SSSR count). The maximum atomic E-state index is 12.9. The van der Waals surface area contributed by atoms with E-state index in [0.717, 1.165) is 5.56 Å². The molecule has 1 aromatic carbocycles. The number of carbonyl (C=O) groups excluding carboxylic acids is 3. The number of hydrogen-bond donors (Lipinski definition) is 3. The first-order valence-corrected chi connectivity index (χ1v) is 11.4. The van der Waals surface area contributed by atoms with Gasteiger partial charge in [0.25, 0.3) is 0 Å². The number of hydrogen-bond acceptors (Lipinski definition) is 6. The molecule has 0 saturated carbocycles. The van der Waals surface area contributed by atoms with E-state index >= 15 is 0 Å². The molecule has 0 saturated heterocycles. The number of carbonyl (C=O) groups is 3. The lowest BCUT2D eigenvalue weighted by Gasteiger charge is -2.30. The SMILES string of the molecule is CCOC(=O)C1=C(CN(CC)CC(=O)Nc2cc(Cl)ccc2C)NC(=O)N[C@H]1c1ccc(C)o1. The van der Waals surface area contributed by atoms with Crippen LogP contribution in [-0.4, -0.2) is 49.0 Å². The number of amides is 3. The lowest BCUT2D eigenvalue weighted by atomic mass is 10.00. The Kier molecular flexibility index (Phi) is 8.36. The van der Waals surface area contributed by atoms with Crippen molar-refractivity contribution < 1.29 is 23.5 Å². The third-order valence-corrected chi connectivity index (χ3v) is 5.60. The fourth-order valence-electron chi connectivity index (χ4n) is 3.64. The summed E-state index contributed by atoms with van der Waals surface area (Å²) in [6.07, 6.45) is 0. The summed E-state index contributed by atoms with van der Waals surface area (Å²) in [4.78, 5) is 39.9. The van der Waals surface area contributed by atoms with Crippen LogP contribution in [0.5, 0.6) is 0 Å². The van der Waals surface area contributed by atoms with Crippen LogP contribution in [0, 0.1) is 13.8 Å². The standard InChI is InChI=1S/C24H29ClN4O5/c1-5-29(13-20(30)26-17-11-16(25)9-7-14(17)3)12-18-21(23(31)33-6-2)22(28-24(32)27-18)19-10-8-15(4)34-19/h7-11,22H,5-6,12-13H2,1-4H3,(H,26,30)(H2,27,28,32)/t22-/m0/s1. The van der Waals surface area contributed by atoms with Crippen molar-refractivity contribution in [3.63, 3.8) is 0 Å². The predicted octanol–water partition coefficient (Wildman–Crippen LogP) is 3.68. The highest BCUT2D eigenvalue weighted by Gasteiger charge is 2.36. The highest BCUT2D eigenvalue weighted by molar-refractivity contribution is 6.31. The summed E-state index contributed by atoms with van der Waals surface area (Å²) >= 11 is 6.05. The van der Waals surface area contributed by atoms with Crippen LogP contribution in [0.3, 0.4) is 0 Å². The van der Waals surface area contributed by atoms with E-state index in [0.29, 0.717) is 34.5 Å². The number of ether oxygens (including phenoxy) is 1. The number of furan rings is 1. The number of esters is 1. The fourth-order valence-corrected chi connectivity index (χ4v) is 3.81. The minimum absolute atomic E-state index is 0.0376. The first-order chi connectivity index (χ1) is 16.2. The number of urea groups is 1. The van der Waals surface area contributed by atoms with E-state index in [9.17, 15) is 14.4 Å². The lowest BCUT2D eigenvalue weighted by Crippen LogP contribution is -2.49. The number of likely N-dealkylation sites (N-methyl/N-ethyl adjacent to an activating group) is 1. The lowest BCUT2D eigenvalue weighted by molar-refractivity contribution is -0.139. The third-order valence-electron chi connectivity index (χ3n) is 5.36. The van der Waals surface area contributed by atoms with E-state index in [1.54, 1.807) is 43.0 Å². The van der Waals surface area contributed by atoms with E-state index < -0.39 is 18.0 Å². The molecule has 10 heteroatoms. The Morgan fingerprint density at radius 1 is 1.21 bits per heavy atom. The molecule has 1 aliphatic heterocycles. The summed E-state index contributed by atoms with van der Waals surface area (Å²) in [5, 5.41) is 8.83. The van der Waals surface area contributed by atoms with E-state index in [1.165, 1.54) is 0 Å². The Morgan fingerprint density at radius 3 is 2.62 bits per heavy atom. The van der Waals surface area contributed by atoms with Crippen molar-refractivity contribution in [2.45, 2.75) is 33.7 Å². The predicted molar refractivity (Wildman–Crippen MR) is 128 cm³/mol. The molecule has 0 bridgehead atoms. The van der Waals surface area contributed by atoms with Crippen LogP contribution in [0.25, 0.3) is 0 Å². The van der Waals surface area contributed by atoms with Crippen molar-refractivity contribution in [2.24, 2.45) is 0 Å². The van der Waals surface area contributed by atoms with Gasteiger partial charge in [-0.25, -0.2) is 9.59 Å². The molecular formula is C24H29ClN4O5. The van der Waals surface area contributed by atoms with E-state index in [2.05, 4.69) is 16.0 Å². The number of nitrogens with zero attached hydrogens (tertiary/aromatic N) is 1. The molecule has 3 N–H and O–H groups in total. The van der Waals surface area contributed by atoms with Crippen LogP contribution in [-0.2, 0) is 14.3 Å². The molecule has 0 aliphatic carbocycles. The molecule has 0 radical (unpaired) electrons. The van der Waals surface area contributed by atoms with E-state index in [4.69, 9.17) is 20.8 Å². The number of halogens is 1. The topological polar surface area (TPSA) is 113 Å².